The lowest BCUT2D eigenvalue weighted by Crippen LogP contribution is -2.44. The maximum absolute atomic E-state index is 12.9. The number of carbonyl (C=O) groups excluding carboxylic acids is 2. The standard InChI is InChI=1S/C16H19Br2NO4/c17-12-8-5-9(13(12)18)11-10(8)14(20)19(15(11)21)7-3-1-6(2-4-7)16(22)23/h6-13H,1-5H2,(H,22,23)/t6?,7?,8-,9-,10-,11+,12-,13+/m1/s1. The highest BCUT2D eigenvalue weighted by Gasteiger charge is 2.67. The van der Waals surface area contributed by atoms with Gasteiger partial charge in [0.2, 0.25) is 11.8 Å². The third kappa shape index (κ3) is 2.18. The first-order chi connectivity index (χ1) is 10.9. The minimum Gasteiger partial charge on any atom is -0.481 e. The van der Waals surface area contributed by atoms with Gasteiger partial charge >= 0.3 is 5.97 Å². The Kier molecular flexibility index (Phi) is 3.87. The van der Waals surface area contributed by atoms with Crippen LogP contribution < -0.4 is 0 Å². The predicted molar refractivity (Wildman–Crippen MR) is 89.2 cm³/mol. The molecule has 2 amide bonds. The van der Waals surface area contributed by atoms with E-state index in [0.717, 1.165) is 6.42 Å². The third-order valence-electron chi connectivity index (χ3n) is 6.43. The molecular weight excluding hydrogens is 430 g/mol. The van der Waals surface area contributed by atoms with Gasteiger partial charge in [-0.15, -0.1) is 0 Å². The zero-order valence-electron chi connectivity index (χ0n) is 12.5. The van der Waals surface area contributed by atoms with E-state index in [1.165, 1.54) is 4.90 Å². The number of nitrogens with zero attached hydrogens (tertiary/aromatic N) is 1. The highest BCUT2D eigenvalue weighted by atomic mass is 79.9. The summed E-state index contributed by atoms with van der Waals surface area (Å²) in [6.45, 7) is 0. The number of carboxylic acids is 1. The Hall–Kier alpha value is -0.430. The van der Waals surface area contributed by atoms with Crippen molar-refractivity contribution in [3.05, 3.63) is 0 Å². The summed E-state index contributed by atoms with van der Waals surface area (Å²) in [5, 5.41) is 9.10. The normalized spacial score (nSPS) is 48.9. The molecule has 0 aromatic heterocycles. The summed E-state index contributed by atoms with van der Waals surface area (Å²) < 4.78 is 0. The molecule has 3 aliphatic carbocycles. The number of halogens is 2. The van der Waals surface area contributed by atoms with Gasteiger partial charge in [0.25, 0.3) is 0 Å². The van der Waals surface area contributed by atoms with E-state index in [1.807, 2.05) is 0 Å². The molecule has 3 saturated carbocycles. The van der Waals surface area contributed by atoms with E-state index >= 15 is 0 Å². The summed E-state index contributed by atoms with van der Waals surface area (Å²) >= 11 is 7.38. The number of hydrogen-bond acceptors (Lipinski definition) is 3. The number of carbonyl (C=O) groups is 3. The fourth-order valence-corrected chi connectivity index (χ4v) is 7.19. The number of imide groups is 1. The van der Waals surface area contributed by atoms with Crippen molar-refractivity contribution in [3.63, 3.8) is 0 Å². The van der Waals surface area contributed by atoms with E-state index in [1.54, 1.807) is 0 Å². The SMILES string of the molecule is O=C(O)C1CCC(N2C(=O)[C@@H]3[C@H]4C[C@@H]([C@H](Br)[C@@H]4Br)[C@@H]3C2=O)CC1. The van der Waals surface area contributed by atoms with Crippen LogP contribution in [0.4, 0.5) is 0 Å². The Bertz CT molecular complexity index is 542. The van der Waals surface area contributed by atoms with Crippen molar-refractivity contribution in [3.8, 4) is 0 Å². The molecule has 2 bridgehead atoms. The van der Waals surface area contributed by atoms with Gasteiger partial charge in [-0.25, -0.2) is 0 Å². The summed E-state index contributed by atoms with van der Waals surface area (Å²) in [4.78, 5) is 38.9. The molecule has 1 N–H and O–H groups in total. The zero-order valence-corrected chi connectivity index (χ0v) is 15.7. The smallest absolute Gasteiger partial charge is 0.306 e. The average molecular weight is 449 g/mol. The number of likely N-dealkylation sites (tertiary alicyclic amines) is 1. The average Bonchev–Trinajstić information content (AvgIpc) is 3.12. The molecule has 1 aliphatic heterocycles. The number of fused-ring (bicyclic) bond motifs is 5. The second kappa shape index (κ2) is 5.55. The summed E-state index contributed by atoms with van der Waals surface area (Å²) in [6, 6.07) is -0.0989. The largest absolute Gasteiger partial charge is 0.481 e. The number of alkyl halides is 2. The van der Waals surface area contributed by atoms with E-state index in [9.17, 15) is 14.4 Å². The highest BCUT2D eigenvalue weighted by molar-refractivity contribution is 9.12. The molecule has 1 heterocycles. The molecule has 4 aliphatic rings. The topological polar surface area (TPSA) is 74.7 Å². The Balaban J connectivity index is 1.53. The second-order valence-corrected chi connectivity index (χ2v) is 9.51. The molecule has 4 rings (SSSR count). The van der Waals surface area contributed by atoms with Crippen LogP contribution >= 0.6 is 31.9 Å². The summed E-state index contributed by atoms with van der Waals surface area (Å²) in [5.41, 5.74) is 0. The van der Waals surface area contributed by atoms with Gasteiger partial charge in [-0.2, -0.15) is 0 Å². The molecule has 126 valence electrons. The van der Waals surface area contributed by atoms with Crippen LogP contribution in [-0.2, 0) is 14.4 Å². The molecule has 23 heavy (non-hydrogen) atoms. The lowest BCUT2D eigenvalue weighted by molar-refractivity contribution is -0.146. The predicted octanol–water partition coefficient (Wildman–Crippen LogP) is 2.41. The van der Waals surface area contributed by atoms with Crippen molar-refractivity contribution in [1.82, 2.24) is 4.90 Å². The first-order valence-electron chi connectivity index (χ1n) is 8.29. The lowest BCUT2D eigenvalue weighted by Gasteiger charge is -2.32. The summed E-state index contributed by atoms with van der Waals surface area (Å²) in [5.74, 6) is -0.941. The molecule has 0 radical (unpaired) electrons. The molecule has 0 unspecified atom stereocenters. The first kappa shape index (κ1) is 16.1. The lowest BCUT2D eigenvalue weighted by atomic mass is 9.81. The van der Waals surface area contributed by atoms with Gasteiger partial charge in [-0.1, -0.05) is 31.9 Å². The molecule has 4 fully saturated rings. The van der Waals surface area contributed by atoms with Crippen LogP contribution in [-0.4, -0.2) is 43.5 Å². The van der Waals surface area contributed by atoms with E-state index in [2.05, 4.69) is 31.9 Å². The van der Waals surface area contributed by atoms with Crippen molar-refractivity contribution < 1.29 is 19.5 Å². The summed E-state index contributed by atoms with van der Waals surface area (Å²) in [7, 11) is 0. The highest BCUT2D eigenvalue weighted by Crippen LogP contribution is 2.60. The van der Waals surface area contributed by atoms with Crippen LogP contribution in [0.1, 0.15) is 32.1 Å². The van der Waals surface area contributed by atoms with E-state index in [0.29, 0.717) is 25.7 Å². The van der Waals surface area contributed by atoms with Crippen LogP contribution in [0.25, 0.3) is 0 Å². The van der Waals surface area contributed by atoms with Gasteiger partial charge in [-0.3, -0.25) is 19.3 Å². The molecule has 6 atom stereocenters. The number of hydrogen-bond donors (Lipinski definition) is 1. The van der Waals surface area contributed by atoms with Crippen LogP contribution in [0.15, 0.2) is 0 Å². The van der Waals surface area contributed by atoms with Gasteiger partial charge in [0, 0.05) is 15.7 Å². The van der Waals surface area contributed by atoms with Crippen LogP contribution in [0.5, 0.6) is 0 Å². The Morgan fingerprint density at radius 3 is 1.87 bits per heavy atom. The number of carboxylic acid groups (broad SMARTS) is 1. The van der Waals surface area contributed by atoms with Gasteiger partial charge in [0.05, 0.1) is 17.8 Å². The quantitative estimate of drug-likeness (QED) is 0.520. The third-order valence-corrected chi connectivity index (χ3v) is 9.64. The molecule has 7 heteroatoms. The van der Waals surface area contributed by atoms with Gasteiger partial charge in [0.15, 0.2) is 0 Å². The van der Waals surface area contributed by atoms with Gasteiger partial charge in [-0.05, 0) is 43.9 Å². The second-order valence-electron chi connectivity index (χ2n) is 7.39. The maximum Gasteiger partial charge on any atom is 0.306 e. The van der Waals surface area contributed by atoms with Gasteiger partial charge < -0.3 is 5.11 Å². The monoisotopic (exact) mass is 447 g/mol. The Morgan fingerprint density at radius 2 is 1.43 bits per heavy atom. The van der Waals surface area contributed by atoms with Crippen molar-refractivity contribution in [1.29, 1.82) is 0 Å². The number of aliphatic carboxylic acids is 1. The minimum absolute atomic E-state index is 0.00451. The molecule has 1 saturated heterocycles. The molecular formula is C16H19Br2NO4. The van der Waals surface area contributed by atoms with Crippen molar-refractivity contribution >= 4 is 49.6 Å². The molecule has 0 spiro atoms. The molecule has 0 aromatic rings. The zero-order chi connectivity index (χ0) is 16.5. The molecule has 0 aromatic carbocycles. The van der Waals surface area contributed by atoms with Crippen LogP contribution in [0.2, 0.25) is 0 Å². The Morgan fingerprint density at radius 1 is 0.957 bits per heavy atom. The van der Waals surface area contributed by atoms with E-state index in [4.69, 9.17) is 5.11 Å². The van der Waals surface area contributed by atoms with Crippen molar-refractivity contribution in [2.45, 2.75) is 47.8 Å². The summed E-state index contributed by atoms with van der Waals surface area (Å²) in [6.07, 6.45) is 3.30. The van der Waals surface area contributed by atoms with Crippen LogP contribution in [0.3, 0.4) is 0 Å². The maximum atomic E-state index is 12.9. The number of rotatable bonds is 2. The van der Waals surface area contributed by atoms with Crippen molar-refractivity contribution in [2.75, 3.05) is 0 Å². The van der Waals surface area contributed by atoms with Gasteiger partial charge in [0.1, 0.15) is 0 Å². The Labute approximate surface area is 151 Å². The van der Waals surface area contributed by atoms with Crippen molar-refractivity contribution in [2.24, 2.45) is 29.6 Å². The fourth-order valence-electron chi connectivity index (χ4n) is 5.31. The minimum atomic E-state index is -0.762. The van der Waals surface area contributed by atoms with E-state index < -0.39 is 5.97 Å². The molecule has 5 nitrogen and oxygen atoms in total. The fraction of sp³-hybridized carbons (Fsp3) is 0.812. The van der Waals surface area contributed by atoms with E-state index in [-0.39, 0.29) is 57.1 Å². The number of amides is 2. The first-order valence-corrected chi connectivity index (χ1v) is 10.1. The van der Waals surface area contributed by atoms with Crippen LogP contribution in [0, 0.1) is 29.6 Å².